The summed E-state index contributed by atoms with van der Waals surface area (Å²) in [5.41, 5.74) is -0.351. The van der Waals surface area contributed by atoms with E-state index in [1.54, 1.807) is 18.5 Å². The van der Waals surface area contributed by atoms with Gasteiger partial charge in [-0.15, -0.1) is 0 Å². The third-order valence-electron chi connectivity index (χ3n) is 9.10. The Labute approximate surface area is 250 Å². The van der Waals surface area contributed by atoms with Crippen LogP contribution in [0.4, 0.5) is 18.9 Å². The Morgan fingerprint density at radius 2 is 1.91 bits per heavy atom. The number of likely N-dealkylation sites (N-methyl/N-ethyl adjacent to an activating group) is 1. The van der Waals surface area contributed by atoms with Crippen molar-refractivity contribution in [3.63, 3.8) is 0 Å². The Kier molecular flexibility index (Phi) is 9.15. The zero-order chi connectivity index (χ0) is 30.8. The summed E-state index contributed by atoms with van der Waals surface area (Å²) in [6.45, 7) is 6.30. The number of nitrogens with zero attached hydrogens (tertiary/aromatic N) is 5. The highest BCUT2D eigenvalue weighted by molar-refractivity contribution is 5.99. The van der Waals surface area contributed by atoms with Crippen LogP contribution < -0.4 is 15.0 Å². The lowest BCUT2D eigenvalue weighted by atomic mass is 9.83. The molecule has 0 aromatic carbocycles. The first-order chi connectivity index (χ1) is 20.6. The molecule has 0 unspecified atom stereocenters. The molecule has 12 heteroatoms. The fourth-order valence-corrected chi connectivity index (χ4v) is 6.76. The molecule has 0 radical (unpaired) electrons. The maximum atomic E-state index is 14.2. The molecule has 2 aromatic rings. The summed E-state index contributed by atoms with van der Waals surface area (Å²) in [4.78, 5) is 42.0. The monoisotopic (exact) mass is 602 g/mol. The second-order valence-corrected chi connectivity index (χ2v) is 11.9. The van der Waals surface area contributed by atoms with E-state index in [0.717, 1.165) is 19.5 Å². The van der Waals surface area contributed by atoms with Crippen molar-refractivity contribution in [1.29, 1.82) is 0 Å². The highest BCUT2D eigenvalue weighted by atomic mass is 19.4. The zero-order valence-corrected chi connectivity index (χ0v) is 25.1. The smallest absolute Gasteiger partial charge is 0.403 e. The number of nitrogens with one attached hydrogen (secondary N) is 1. The van der Waals surface area contributed by atoms with Gasteiger partial charge in [-0.3, -0.25) is 14.6 Å². The number of anilines is 1. The maximum absolute atomic E-state index is 14.2. The lowest BCUT2D eigenvalue weighted by Gasteiger charge is -2.45. The van der Waals surface area contributed by atoms with Crippen LogP contribution >= 0.6 is 0 Å². The van der Waals surface area contributed by atoms with E-state index in [4.69, 9.17) is 9.72 Å². The van der Waals surface area contributed by atoms with Crippen LogP contribution in [0.15, 0.2) is 30.6 Å². The number of likely N-dealkylation sites (tertiary alicyclic amines) is 1. The summed E-state index contributed by atoms with van der Waals surface area (Å²) < 4.78 is 48.7. The Morgan fingerprint density at radius 3 is 2.51 bits per heavy atom. The molecule has 4 heterocycles. The van der Waals surface area contributed by atoms with Crippen LogP contribution in [0.3, 0.4) is 0 Å². The normalized spacial score (nSPS) is 22.6. The van der Waals surface area contributed by atoms with Crippen molar-refractivity contribution in [2.45, 2.75) is 70.6 Å². The van der Waals surface area contributed by atoms with E-state index in [0.29, 0.717) is 48.6 Å². The molecule has 1 aliphatic carbocycles. The van der Waals surface area contributed by atoms with Gasteiger partial charge in [0.15, 0.2) is 5.69 Å². The molecule has 3 aliphatic rings. The zero-order valence-electron chi connectivity index (χ0n) is 25.1. The van der Waals surface area contributed by atoms with Crippen molar-refractivity contribution in [3.05, 3.63) is 36.3 Å². The number of piperazine rings is 1. The molecule has 0 spiro atoms. The van der Waals surface area contributed by atoms with Gasteiger partial charge in [0, 0.05) is 62.3 Å². The molecule has 5 rings (SSSR count). The molecule has 43 heavy (non-hydrogen) atoms. The van der Waals surface area contributed by atoms with Gasteiger partial charge in [-0.1, -0.05) is 19.8 Å². The molecule has 3 fully saturated rings. The number of aromatic nitrogens is 2. The average Bonchev–Trinajstić information content (AvgIpc) is 3.67. The molecule has 2 aliphatic heterocycles. The Bertz CT molecular complexity index is 1300. The summed E-state index contributed by atoms with van der Waals surface area (Å²) >= 11 is 0. The Balaban J connectivity index is 1.50. The quantitative estimate of drug-likeness (QED) is 0.475. The van der Waals surface area contributed by atoms with Crippen LogP contribution in [0.2, 0.25) is 0 Å². The van der Waals surface area contributed by atoms with Gasteiger partial charge in [-0.2, -0.15) is 13.2 Å². The van der Waals surface area contributed by atoms with Gasteiger partial charge >= 0.3 is 6.18 Å². The van der Waals surface area contributed by atoms with Gasteiger partial charge in [-0.05, 0) is 58.3 Å². The number of halogens is 3. The molecular weight excluding hydrogens is 561 g/mol. The van der Waals surface area contributed by atoms with E-state index in [2.05, 4.69) is 15.2 Å². The third-order valence-corrected chi connectivity index (χ3v) is 9.10. The molecule has 2 atom stereocenters. The van der Waals surface area contributed by atoms with E-state index in [-0.39, 0.29) is 56.2 Å². The minimum absolute atomic E-state index is 0.0260. The maximum Gasteiger partial charge on any atom is 0.403 e. The van der Waals surface area contributed by atoms with Crippen LogP contribution in [-0.4, -0.2) is 96.2 Å². The first kappa shape index (κ1) is 31.0. The van der Waals surface area contributed by atoms with Crippen molar-refractivity contribution < 1.29 is 27.5 Å². The van der Waals surface area contributed by atoms with Gasteiger partial charge in [0.25, 0.3) is 5.91 Å². The van der Waals surface area contributed by atoms with Crippen LogP contribution in [0.1, 0.15) is 62.9 Å². The largest absolute Gasteiger partial charge is 0.492 e. The van der Waals surface area contributed by atoms with Gasteiger partial charge in [0.2, 0.25) is 5.91 Å². The van der Waals surface area contributed by atoms with E-state index < -0.39 is 17.5 Å². The fourth-order valence-electron chi connectivity index (χ4n) is 6.76. The summed E-state index contributed by atoms with van der Waals surface area (Å²) in [7, 11) is 2.01. The predicted molar refractivity (Wildman–Crippen MR) is 157 cm³/mol. The van der Waals surface area contributed by atoms with E-state index >= 15 is 0 Å². The first-order valence-electron chi connectivity index (χ1n) is 15.3. The molecule has 2 amide bonds. The van der Waals surface area contributed by atoms with Crippen molar-refractivity contribution in [2.24, 2.45) is 5.41 Å². The topological polar surface area (TPSA) is 90.9 Å². The molecule has 1 N–H and O–H groups in total. The van der Waals surface area contributed by atoms with Gasteiger partial charge < -0.3 is 24.8 Å². The number of carbonyl (C=O) groups excluding carboxylic acids is 2. The number of hydrogen-bond acceptors (Lipinski definition) is 7. The summed E-state index contributed by atoms with van der Waals surface area (Å²) in [5.74, 6) is -0.657. The van der Waals surface area contributed by atoms with Crippen LogP contribution in [0, 0.1) is 5.41 Å². The number of carbonyl (C=O) groups is 2. The number of amides is 2. The molecule has 0 bridgehead atoms. The van der Waals surface area contributed by atoms with E-state index in [9.17, 15) is 22.8 Å². The number of hydrogen-bond donors (Lipinski definition) is 1. The highest BCUT2D eigenvalue weighted by Gasteiger charge is 2.62. The third kappa shape index (κ3) is 6.16. The lowest BCUT2D eigenvalue weighted by molar-refractivity contribution is -0.226. The standard InChI is InChI=1S/C31H41F3N6O3/c1-4-23-20-39(29(42)30(31(32,33)34)11-6-7-12-30)15-16-40(23)24-17-25(43-5-2)26(21-9-8-13-35-18-21)37-27(24)28(41)36-22-10-14-38(3)19-22/h8-9,13,17-18,22-23H,4-7,10-12,14-16,19-20H2,1-3H3,(H,36,41)/t22-,23+/m0/s1. The fraction of sp³-hybridized carbons (Fsp3) is 0.613. The molecular formula is C31H41F3N6O3. The van der Waals surface area contributed by atoms with Crippen LogP contribution in [0.25, 0.3) is 11.3 Å². The van der Waals surface area contributed by atoms with Crippen LogP contribution in [-0.2, 0) is 4.79 Å². The molecule has 9 nitrogen and oxygen atoms in total. The summed E-state index contributed by atoms with van der Waals surface area (Å²) in [6, 6.07) is 5.11. The van der Waals surface area contributed by atoms with Crippen molar-refractivity contribution in [3.8, 4) is 17.0 Å². The molecule has 2 saturated heterocycles. The first-order valence-corrected chi connectivity index (χ1v) is 15.3. The number of rotatable bonds is 8. The van der Waals surface area contributed by atoms with Gasteiger partial charge in [0.05, 0.1) is 12.3 Å². The number of pyridine rings is 2. The van der Waals surface area contributed by atoms with Crippen molar-refractivity contribution >= 4 is 17.5 Å². The highest BCUT2D eigenvalue weighted by Crippen LogP contribution is 2.52. The molecule has 2 aromatic heterocycles. The predicted octanol–water partition coefficient (Wildman–Crippen LogP) is 4.53. The van der Waals surface area contributed by atoms with Crippen molar-refractivity contribution in [1.82, 2.24) is 25.1 Å². The van der Waals surface area contributed by atoms with Crippen LogP contribution in [0.5, 0.6) is 5.75 Å². The Hall–Kier alpha value is -3.41. The number of alkyl halides is 3. The lowest BCUT2D eigenvalue weighted by Crippen LogP contribution is -2.60. The van der Waals surface area contributed by atoms with Crippen molar-refractivity contribution in [2.75, 3.05) is 51.3 Å². The Morgan fingerprint density at radius 1 is 1.14 bits per heavy atom. The second kappa shape index (κ2) is 12.7. The van der Waals surface area contributed by atoms with Gasteiger partial charge in [-0.25, -0.2) is 4.98 Å². The molecule has 1 saturated carbocycles. The van der Waals surface area contributed by atoms with E-state index in [1.165, 1.54) is 4.90 Å². The SMILES string of the molecule is CCOc1cc(N2CCN(C(=O)C3(C(F)(F)F)CCCC3)C[C@H]2CC)c(C(=O)N[C@H]2CCN(C)C2)nc1-c1cccnc1. The minimum atomic E-state index is -4.59. The minimum Gasteiger partial charge on any atom is -0.492 e. The summed E-state index contributed by atoms with van der Waals surface area (Å²) in [6.07, 6.45) is 0.585. The number of ether oxygens (including phenoxy) is 1. The van der Waals surface area contributed by atoms with Gasteiger partial charge in [0.1, 0.15) is 16.9 Å². The summed E-state index contributed by atoms with van der Waals surface area (Å²) in [5, 5.41) is 3.14. The second-order valence-electron chi connectivity index (χ2n) is 11.9. The average molecular weight is 603 g/mol. The molecule has 234 valence electrons. The van der Waals surface area contributed by atoms with E-state index in [1.807, 2.05) is 37.9 Å².